The fraction of sp³-hybridized carbons (Fsp3) is 0.240. The molecule has 1 amide bonds. The molecular weight excluding hydrogens is 390 g/mol. The molecule has 2 unspecified atom stereocenters. The number of aryl methyl sites for hydroxylation is 2. The molecule has 6 heteroatoms. The number of non-ortho nitro benzene ring substituents is 1. The summed E-state index contributed by atoms with van der Waals surface area (Å²) in [5, 5.41) is 14.6. The molecule has 1 aliphatic heterocycles. The molecule has 0 bridgehead atoms. The van der Waals surface area contributed by atoms with Crippen LogP contribution in [0, 0.1) is 24.0 Å². The average molecular weight is 415 g/mol. The number of hydrogen-bond acceptors (Lipinski definition) is 4. The van der Waals surface area contributed by atoms with Crippen LogP contribution in [-0.2, 0) is 0 Å². The van der Waals surface area contributed by atoms with Crippen molar-refractivity contribution in [3.8, 4) is 0 Å². The molecule has 6 nitrogen and oxygen atoms in total. The van der Waals surface area contributed by atoms with Gasteiger partial charge in [-0.1, -0.05) is 35.4 Å². The number of nitrogens with one attached hydrogen (secondary N) is 1. The number of carbonyl (C=O) groups is 1. The molecule has 1 heterocycles. The van der Waals surface area contributed by atoms with E-state index in [0.29, 0.717) is 5.56 Å². The Morgan fingerprint density at radius 1 is 1.00 bits per heavy atom. The summed E-state index contributed by atoms with van der Waals surface area (Å²) in [6.07, 6.45) is 0.753. The first-order valence-corrected chi connectivity index (χ1v) is 10.4. The highest BCUT2D eigenvalue weighted by atomic mass is 16.6. The molecule has 0 saturated heterocycles. The molecule has 158 valence electrons. The zero-order valence-electron chi connectivity index (χ0n) is 17.8. The summed E-state index contributed by atoms with van der Waals surface area (Å²) < 4.78 is 0. The maximum absolute atomic E-state index is 13.4. The molecule has 0 radical (unpaired) electrons. The van der Waals surface area contributed by atoms with E-state index in [1.807, 2.05) is 30.9 Å². The SMILES string of the molecule is Cc1ccc(NC2CC(C)N(C(=O)c3ccc([N+](=O)[O-])cc3)c3ccc(C)cc32)cc1. The lowest BCUT2D eigenvalue weighted by atomic mass is 9.89. The van der Waals surface area contributed by atoms with E-state index in [0.717, 1.165) is 28.9 Å². The number of nitrogens with zero attached hydrogens (tertiary/aromatic N) is 2. The van der Waals surface area contributed by atoms with E-state index in [1.165, 1.54) is 29.8 Å². The number of hydrogen-bond donors (Lipinski definition) is 1. The second kappa shape index (κ2) is 8.22. The number of nitro groups is 1. The van der Waals surface area contributed by atoms with Crippen LogP contribution < -0.4 is 10.2 Å². The van der Waals surface area contributed by atoms with Gasteiger partial charge >= 0.3 is 0 Å². The maximum Gasteiger partial charge on any atom is 0.269 e. The van der Waals surface area contributed by atoms with Crippen molar-refractivity contribution in [2.45, 2.75) is 39.3 Å². The summed E-state index contributed by atoms with van der Waals surface area (Å²) in [5.74, 6) is -0.152. The molecule has 3 aromatic rings. The van der Waals surface area contributed by atoms with E-state index < -0.39 is 4.92 Å². The zero-order valence-corrected chi connectivity index (χ0v) is 17.8. The van der Waals surface area contributed by atoms with Gasteiger partial charge in [-0.05, 0) is 63.1 Å². The Balaban J connectivity index is 1.68. The summed E-state index contributed by atoms with van der Waals surface area (Å²) in [6.45, 7) is 6.15. The van der Waals surface area contributed by atoms with Crippen LogP contribution in [0.1, 0.15) is 46.4 Å². The Labute approximate surface area is 181 Å². The fourth-order valence-corrected chi connectivity index (χ4v) is 4.15. The molecule has 2 atom stereocenters. The van der Waals surface area contributed by atoms with Gasteiger partial charge in [-0.15, -0.1) is 0 Å². The normalized spacial score (nSPS) is 17.7. The first kappa shape index (κ1) is 20.6. The first-order chi connectivity index (χ1) is 14.8. The van der Waals surface area contributed by atoms with Gasteiger partial charge in [-0.2, -0.15) is 0 Å². The second-order valence-corrected chi connectivity index (χ2v) is 8.19. The largest absolute Gasteiger partial charge is 0.378 e. The van der Waals surface area contributed by atoms with Crippen molar-refractivity contribution >= 4 is 23.0 Å². The van der Waals surface area contributed by atoms with Gasteiger partial charge in [0.25, 0.3) is 11.6 Å². The van der Waals surface area contributed by atoms with Gasteiger partial charge in [0, 0.05) is 35.1 Å². The number of amides is 1. The molecule has 1 N–H and O–H groups in total. The quantitative estimate of drug-likeness (QED) is 0.431. The third-order valence-corrected chi connectivity index (χ3v) is 5.77. The molecule has 0 fully saturated rings. The van der Waals surface area contributed by atoms with Crippen LogP contribution in [0.4, 0.5) is 17.1 Å². The predicted molar refractivity (Wildman–Crippen MR) is 123 cm³/mol. The Bertz CT molecular complexity index is 1120. The van der Waals surface area contributed by atoms with Crippen LogP contribution in [0.15, 0.2) is 66.7 Å². The molecule has 3 aromatic carbocycles. The fourth-order valence-electron chi connectivity index (χ4n) is 4.15. The van der Waals surface area contributed by atoms with E-state index in [1.54, 1.807) is 0 Å². The summed E-state index contributed by atoms with van der Waals surface area (Å²) in [6, 6.07) is 20.3. The standard InChI is InChI=1S/C25H25N3O3/c1-16-4-9-20(10-5-16)26-23-15-18(3)27(24-13-6-17(2)14-22(23)24)25(29)19-7-11-21(12-8-19)28(30)31/h4-14,18,23,26H,15H2,1-3H3. The molecular formula is C25H25N3O3. The Kier molecular flexibility index (Phi) is 5.46. The van der Waals surface area contributed by atoms with Crippen LogP contribution in [0.2, 0.25) is 0 Å². The Hall–Kier alpha value is -3.67. The molecule has 4 rings (SSSR count). The van der Waals surface area contributed by atoms with Gasteiger partial charge < -0.3 is 10.2 Å². The second-order valence-electron chi connectivity index (χ2n) is 8.19. The van der Waals surface area contributed by atoms with E-state index in [4.69, 9.17) is 0 Å². The maximum atomic E-state index is 13.4. The highest BCUT2D eigenvalue weighted by molar-refractivity contribution is 6.07. The van der Waals surface area contributed by atoms with Crippen LogP contribution in [0.3, 0.4) is 0 Å². The van der Waals surface area contributed by atoms with Crippen molar-refractivity contribution in [1.29, 1.82) is 0 Å². The lowest BCUT2D eigenvalue weighted by molar-refractivity contribution is -0.384. The third kappa shape index (κ3) is 4.14. The van der Waals surface area contributed by atoms with Gasteiger partial charge in [0.1, 0.15) is 0 Å². The van der Waals surface area contributed by atoms with Gasteiger partial charge in [0.15, 0.2) is 0 Å². The summed E-state index contributed by atoms with van der Waals surface area (Å²) in [7, 11) is 0. The molecule has 0 spiro atoms. The summed E-state index contributed by atoms with van der Waals surface area (Å²) >= 11 is 0. The minimum atomic E-state index is -0.461. The zero-order chi connectivity index (χ0) is 22.1. The number of fused-ring (bicyclic) bond motifs is 1. The van der Waals surface area contributed by atoms with Crippen LogP contribution >= 0.6 is 0 Å². The van der Waals surface area contributed by atoms with Crippen molar-refractivity contribution in [1.82, 2.24) is 0 Å². The van der Waals surface area contributed by atoms with E-state index in [-0.39, 0.29) is 23.7 Å². The first-order valence-electron chi connectivity index (χ1n) is 10.4. The van der Waals surface area contributed by atoms with Crippen molar-refractivity contribution in [2.75, 3.05) is 10.2 Å². The minimum absolute atomic E-state index is 0.0263. The van der Waals surface area contributed by atoms with Gasteiger partial charge in [-0.3, -0.25) is 14.9 Å². The Morgan fingerprint density at radius 3 is 2.29 bits per heavy atom. The van der Waals surface area contributed by atoms with Crippen LogP contribution in [-0.4, -0.2) is 16.9 Å². The van der Waals surface area contributed by atoms with E-state index in [9.17, 15) is 14.9 Å². The number of nitro benzene ring substituents is 1. The number of carbonyl (C=O) groups excluding carboxylic acids is 1. The van der Waals surface area contributed by atoms with Gasteiger partial charge in [0.2, 0.25) is 0 Å². The molecule has 1 aliphatic rings. The van der Waals surface area contributed by atoms with Crippen molar-refractivity contribution in [3.63, 3.8) is 0 Å². The summed E-state index contributed by atoms with van der Waals surface area (Å²) in [5.41, 5.74) is 5.75. The van der Waals surface area contributed by atoms with E-state index in [2.05, 4.69) is 42.6 Å². The van der Waals surface area contributed by atoms with Crippen molar-refractivity contribution in [2.24, 2.45) is 0 Å². The molecule has 0 aliphatic carbocycles. The topological polar surface area (TPSA) is 75.5 Å². The lowest BCUT2D eigenvalue weighted by Gasteiger charge is -2.40. The molecule has 0 aromatic heterocycles. The monoisotopic (exact) mass is 415 g/mol. The van der Waals surface area contributed by atoms with Gasteiger partial charge in [0.05, 0.1) is 11.0 Å². The number of anilines is 2. The predicted octanol–water partition coefficient (Wildman–Crippen LogP) is 5.80. The third-order valence-electron chi connectivity index (χ3n) is 5.77. The van der Waals surface area contributed by atoms with Crippen LogP contribution in [0.25, 0.3) is 0 Å². The summed E-state index contributed by atoms with van der Waals surface area (Å²) in [4.78, 5) is 25.7. The number of rotatable bonds is 4. The average Bonchev–Trinajstić information content (AvgIpc) is 2.75. The number of benzene rings is 3. The van der Waals surface area contributed by atoms with E-state index >= 15 is 0 Å². The Morgan fingerprint density at radius 2 is 1.65 bits per heavy atom. The minimum Gasteiger partial charge on any atom is -0.378 e. The van der Waals surface area contributed by atoms with Gasteiger partial charge in [-0.25, -0.2) is 0 Å². The van der Waals surface area contributed by atoms with Crippen molar-refractivity contribution < 1.29 is 9.72 Å². The van der Waals surface area contributed by atoms with Crippen LogP contribution in [0.5, 0.6) is 0 Å². The highest BCUT2D eigenvalue weighted by Crippen LogP contribution is 2.40. The lowest BCUT2D eigenvalue weighted by Crippen LogP contribution is -2.44. The van der Waals surface area contributed by atoms with Crippen molar-refractivity contribution in [3.05, 3.63) is 99.1 Å². The smallest absolute Gasteiger partial charge is 0.269 e. The molecule has 0 saturated carbocycles. The molecule has 31 heavy (non-hydrogen) atoms. The highest BCUT2D eigenvalue weighted by Gasteiger charge is 2.34.